The normalized spacial score (nSPS) is 10.7. The molecule has 0 fully saturated rings. The third-order valence-corrected chi connectivity index (χ3v) is 3.43. The second-order valence-corrected chi connectivity index (χ2v) is 5.66. The van der Waals surface area contributed by atoms with Crippen LogP contribution in [0.15, 0.2) is 46.0 Å². The van der Waals surface area contributed by atoms with Gasteiger partial charge in [-0.1, -0.05) is 33.6 Å². The fourth-order valence-electron chi connectivity index (χ4n) is 1.69. The van der Waals surface area contributed by atoms with E-state index in [1.54, 1.807) is 24.3 Å². The van der Waals surface area contributed by atoms with Crippen molar-refractivity contribution in [2.75, 3.05) is 0 Å². The summed E-state index contributed by atoms with van der Waals surface area (Å²) in [6.07, 6.45) is 1.01. The summed E-state index contributed by atoms with van der Waals surface area (Å²) in [5.74, 6) is -1.33. The summed E-state index contributed by atoms with van der Waals surface area (Å²) in [6.45, 7) is 0. The van der Waals surface area contributed by atoms with E-state index < -0.39 is 22.3 Å². The second-order valence-electron chi connectivity index (χ2n) is 4.31. The lowest BCUT2D eigenvalue weighted by Gasteiger charge is -2.10. The maximum absolute atomic E-state index is 11.9. The predicted molar refractivity (Wildman–Crippen MR) is 86.8 cm³/mol. The summed E-state index contributed by atoms with van der Waals surface area (Å²) in [5.41, 5.74) is 1.83. The Labute approximate surface area is 143 Å². The van der Waals surface area contributed by atoms with Gasteiger partial charge in [0.25, 0.3) is 11.6 Å². The summed E-state index contributed by atoms with van der Waals surface area (Å²) < 4.78 is 0.724. The highest BCUT2D eigenvalue weighted by atomic mass is 79.9. The number of benzene rings is 2. The molecule has 0 radical (unpaired) electrons. The standard InChI is InChI=1S/C14H9BrClN3O4/c15-10-3-1-2-8(4-10)14(21)18-17-7-9-5-11(16)6-12(13(9)20)19(22)23/h1-7,20H,(H,18,21)/p-1. The Morgan fingerprint density at radius 3 is 2.74 bits per heavy atom. The van der Waals surface area contributed by atoms with Gasteiger partial charge in [0.2, 0.25) is 0 Å². The van der Waals surface area contributed by atoms with Gasteiger partial charge in [-0.25, -0.2) is 5.43 Å². The van der Waals surface area contributed by atoms with Crippen molar-refractivity contribution in [3.05, 3.63) is 67.1 Å². The number of halogens is 2. The van der Waals surface area contributed by atoms with E-state index in [9.17, 15) is 20.0 Å². The van der Waals surface area contributed by atoms with E-state index in [-0.39, 0.29) is 10.6 Å². The van der Waals surface area contributed by atoms with Gasteiger partial charge in [-0.2, -0.15) is 5.10 Å². The number of hydrazone groups is 1. The van der Waals surface area contributed by atoms with Crippen molar-refractivity contribution in [3.8, 4) is 5.75 Å². The Morgan fingerprint density at radius 1 is 1.35 bits per heavy atom. The summed E-state index contributed by atoms with van der Waals surface area (Å²) in [5, 5.41) is 26.2. The molecule has 0 aliphatic rings. The number of hydrogen-bond donors (Lipinski definition) is 1. The van der Waals surface area contributed by atoms with Crippen LogP contribution in [0.2, 0.25) is 5.02 Å². The molecular formula is C14H8BrClN3O4-. The Kier molecular flexibility index (Phi) is 5.30. The van der Waals surface area contributed by atoms with E-state index >= 15 is 0 Å². The number of carbonyl (C=O) groups is 1. The van der Waals surface area contributed by atoms with E-state index in [4.69, 9.17) is 11.6 Å². The van der Waals surface area contributed by atoms with Crippen LogP contribution in [-0.4, -0.2) is 17.0 Å². The first kappa shape index (κ1) is 16.9. The molecule has 0 heterocycles. The lowest BCUT2D eigenvalue weighted by Crippen LogP contribution is -2.17. The Balaban J connectivity index is 2.18. The minimum atomic E-state index is -0.833. The van der Waals surface area contributed by atoms with Crippen molar-refractivity contribution in [2.24, 2.45) is 5.10 Å². The van der Waals surface area contributed by atoms with Gasteiger partial charge >= 0.3 is 0 Å². The molecule has 1 N–H and O–H groups in total. The smallest absolute Gasteiger partial charge is 0.271 e. The highest BCUT2D eigenvalue weighted by molar-refractivity contribution is 9.10. The zero-order chi connectivity index (χ0) is 17.0. The fraction of sp³-hybridized carbons (Fsp3) is 0. The number of amides is 1. The van der Waals surface area contributed by atoms with E-state index in [2.05, 4.69) is 26.5 Å². The minimum Gasteiger partial charge on any atom is -0.867 e. The third kappa shape index (κ3) is 4.27. The van der Waals surface area contributed by atoms with Crippen molar-refractivity contribution in [1.29, 1.82) is 0 Å². The zero-order valence-electron chi connectivity index (χ0n) is 11.3. The molecule has 0 saturated heterocycles. The van der Waals surface area contributed by atoms with Gasteiger partial charge in [0, 0.05) is 21.1 Å². The van der Waals surface area contributed by atoms with Crippen LogP contribution in [0, 0.1) is 10.1 Å². The molecule has 1 amide bonds. The average Bonchev–Trinajstić information content (AvgIpc) is 2.49. The molecule has 0 aliphatic heterocycles. The number of carbonyl (C=O) groups excluding carboxylic acids is 1. The van der Waals surface area contributed by atoms with E-state index in [0.717, 1.165) is 16.8 Å². The molecule has 0 saturated carbocycles. The highest BCUT2D eigenvalue weighted by Crippen LogP contribution is 2.29. The first-order valence-corrected chi connectivity index (χ1v) is 7.29. The van der Waals surface area contributed by atoms with Gasteiger partial charge in [-0.15, -0.1) is 0 Å². The summed E-state index contributed by atoms with van der Waals surface area (Å²) >= 11 is 8.96. The molecule has 0 aliphatic carbocycles. The molecule has 23 heavy (non-hydrogen) atoms. The van der Waals surface area contributed by atoms with Crippen molar-refractivity contribution in [3.63, 3.8) is 0 Å². The molecule has 9 heteroatoms. The van der Waals surface area contributed by atoms with Crippen LogP contribution in [0.3, 0.4) is 0 Å². The van der Waals surface area contributed by atoms with Crippen LogP contribution < -0.4 is 10.5 Å². The quantitative estimate of drug-likeness (QED) is 0.486. The fourth-order valence-corrected chi connectivity index (χ4v) is 2.31. The van der Waals surface area contributed by atoms with Crippen LogP contribution >= 0.6 is 27.5 Å². The average molecular weight is 398 g/mol. The first-order valence-electron chi connectivity index (χ1n) is 6.12. The van der Waals surface area contributed by atoms with Gasteiger partial charge in [0.15, 0.2) is 0 Å². The lowest BCUT2D eigenvalue weighted by atomic mass is 10.2. The van der Waals surface area contributed by atoms with Crippen molar-refractivity contribution >= 4 is 45.3 Å². The number of hydrogen-bond acceptors (Lipinski definition) is 5. The van der Waals surface area contributed by atoms with Crippen molar-refractivity contribution in [2.45, 2.75) is 0 Å². The molecule has 2 rings (SSSR count). The van der Waals surface area contributed by atoms with E-state index in [0.29, 0.717) is 5.56 Å². The summed E-state index contributed by atoms with van der Waals surface area (Å²) in [7, 11) is 0. The summed E-state index contributed by atoms with van der Waals surface area (Å²) in [6, 6.07) is 8.80. The number of nitrogens with one attached hydrogen (secondary N) is 1. The van der Waals surface area contributed by atoms with Gasteiger partial charge in [-0.05, 0) is 35.6 Å². The molecule has 2 aromatic rings. The third-order valence-electron chi connectivity index (χ3n) is 2.72. The molecule has 7 nitrogen and oxygen atoms in total. The van der Waals surface area contributed by atoms with Crippen LogP contribution in [0.5, 0.6) is 5.75 Å². The van der Waals surface area contributed by atoms with Gasteiger partial charge in [0.05, 0.1) is 11.1 Å². The molecule has 0 aromatic heterocycles. The van der Waals surface area contributed by atoms with Gasteiger partial charge in [-0.3, -0.25) is 14.9 Å². The lowest BCUT2D eigenvalue weighted by molar-refractivity contribution is -0.398. The van der Waals surface area contributed by atoms with Crippen molar-refractivity contribution < 1.29 is 14.8 Å². The van der Waals surface area contributed by atoms with Crippen LogP contribution in [0.4, 0.5) is 5.69 Å². The van der Waals surface area contributed by atoms with E-state index in [1.165, 1.54) is 6.07 Å². The Hall–Kier alpha value is -2.45. The molecule has 0 spiro atoms. The van der Waals surface area contributed by atoms with Crippen molar-refractivity contribution in [1.82, 2.24) is 5.43 Å². The molecular weight excluding hydrogens is 390 g/mol. The topological polar surface area (TPSA) is 108 Å². The molecule has 0 atom stereocenters. The number of nitrogens with zero attached hydrogens (tertiary/aromatic N) is 2. The van der Waals surface area contributed by atoms with Crippen LogP contribution in [-0.2, 0) is 0 Å². The summed E-state index contributed by atoms with van der Waals surface area (Å²) in [4.78, 5) is 21.8. The maximum atomic E-state index is 11.9. The number of nitro benzene ring substituents is 1. The van der Waals surface area contributed by atoms with E-state index in [1.807, 2.05) is 0 Å². The monoisotopic (exact) mass is 396 g/mol. The molecule has 118 valence electrons. The largest absolute Gasteiger partial charge is 0.867 e. The van der Waals surface area contributed by atoms with Gasteiger partial charge in [0.1, 0.15) is 0 Å². The Bertz CT molecular complexity index is 811. The molecule has 0 bridgehead atoms. The number of nitro groups is 1. The highest BCUT2D eigenvalue weighted by Gasteiger charge is 2.11. The SMILES string of the molecule is O=C(NN=Cc1cc(Cl)cc([N+](=O)[O-])c1[O-])c1cccc(Br)c1. The first-order chi connectivity index (χ1) is 10.9. The van der Waals surface area contributed by atoms with Gasteiger partial charge < -0.3 is 5.11 Å². The molecule has 2 aromatic carbocycles. The second kappa shape index (κ2) is 7.21. The zero-order valence-corrected chi connectivity index (χ0v) is 13.7. The predicted octanol–water partition coefficient (Wildman–Crippen LogP) is 2.85. The maximum Gasteiger partial charge on any atom is 0.271 e. The molecule has 0 unspecified atom stereocenters. The van der Waals surface area contributed by atoms with Crippen LogP contribution in [0.25, 0.3) is 0 Å². The number of rotatable bonds is 4. The Morgan fingerprint density at radius 2 is 2.09 bits per heavy atom. The van der Waals surface area contributed by atoms with Crippen LogP contribution in [0.1, 0.15) is 15.9 Å². The minimum absolute atomic E-state index is 0.0241.